The average Bonchev–Trinajstić information content (AvgIpc) is 2.77. The van der Waals surface area contributed by atoms with E-state index in [1.807, 2.05) is 0 Å². The van der Waals surface area contributed by atoms with Gasteiger partial charge in [-0.15, -0.1) is 0 Å². The van der Waals surface area contributed by atoms with Crippen molar-refractivity contribution >= 4 is 16.9 Å². The zero-order valence-electron chi connectivity index (χ0n) is 10.3. The summed E-state index contributed by atoms with van der Waals surface area (Å²) in [7, 11) is 0. The Morgan fingerprint density at radius 2 is 1.55 bits per heavy atom. The maximum atomic E-state index is 13.7. The monoisotopic (exact) mass is 329 g/mol. The van der Waals surface area contributed by atoms with Crippen molar-refractivity contribution < 1.29 is 40.6 Å². The number of fused-ring (bicyclic) bond motifs is 1. The second-order valence-electron chi connectivity index (χ2n) is 4.37. The van der Waals surface area contributed by atoms with Crippen molar-refractivity contribution in [1.82, 2.24) is 4.98 Å². The number of alkyl halides is 7. The molecule has 0 fully saturated rings. The van der Waals surface area contributed by atoms with E-state index in [4.69, 9.17) is 5.11 Å². The molecule has 0 aliphatic rings. The fourth-order valence-corrected chi connectivity index (χ4v) is 1.93. The second-order valence-corrected chi connectivity index (χ2v) is 4.37. The number of carboxylic acid groups (broad SMARTS) is 1. The van der Waals surface area contributed by atoms with Gasteiger partial charge in [0.2, 0.25) is 0 Å². The summed E-state index contributed by atoms with van der Waals surface area (Å²) in [6, 6.07) is 4.59. The quantitative estimate of drug-likeness (QED) is 0.831. The maximum absolute atomic E-state index is 13.7. The first-order valence-electron chi connectivity index (χ1n) is 5.58. The lowest BCUT2D eigenvalue weighted by Gasteiger charge is -2.27. The lowest BCUT2D eigenvalue weighted by molar-refractivity contribution is -0.360. The van der Waals surface area contributed by atoms with Gasteiger partial charge in [-0.05, 0) is 6.07 Å². The van der Waals surface area contributed by atoms with Gasteiger partial charge in [0.1, 0.15) is 5.69 Å². The summed E-state index contributed by atoms with van der Waals surface area (Å²) in [5.74, 6) is -14.3. The summed E-state index contributed by atoms with van der Waals surface area (Å²) in [5, 5.41) is 8.50. The Morgan fingerprint density at radius 1 is 1.00 bits per heavy atom. The number of benzene rings is 1. The summed E-state index contributed by atoms with van der Waals surface area (Å²) in [4.78, 5) is 12.7. The van der Waals surface area contributed by atoms with Gasteiger partial charge in [0.15, 0.2) is 0 Å². The number of aromatic nitrogens is 1. The summed E-state index contributed by atoms with van der Waals surface area (Å²) in [6.07, 6.45) is -6.55. The number of hydrogen-bond acceptors (Lipinski definition) is 1. The van der Waals surface area contributed by atoms with Gasteiger partial charge < -0.3 is 10.1 Å². The van der Waals surface area contributed by atoms with E-state index in [2.05, 4.69) is 0 Å². The first kappa shape index (κ1) is 16.1. The van der Waals surface area contributed by atoms with Gasteiger partial charge in [-0.2, -0.15) is 30.7 Å². The number of carboxylic acids is 1. The van der Waals surface area contributed by atoms with Crippen LogP contribution in [0.3, 0.4) is 0 Å². The Labute approximate surface area is 117 Å². The third-order valence-electron chi connectivity index (χ3n) is 2.98. The summed E-state index contributed by atoms with van der Waals surface area (Å²) >= 11 is 0. The van der Waals surface area contributed by atoms with E-state index in [0.717, 1.165) is 12.1 Å². The molecule has 3 nitrogen and oxygen atoms in total. The van der Waals surface area contributed by atoms with Crippen LogP contribution in [-0.4, -0.2) is 28.2 Å². The minimum atomic E-state index is -6.55. The van der Waals surface area contributed by atoms with E-state index in [1.54, 1.807) is 4.98 Å². The van der Waals surface area contributed by atoms with Gasteiger partial charge in [0.05, 0.1) is 5.56 Å². The minimum Gasteiger partial charge on any atom is -0.478 e. The molecule has 120 valence electrons. The van der Waals surface area contributed by atoms with Crippen molar-refractivity contribution in [2.45, 2.75) is 18.0 Å². The zero-order valence-corrected chi connectivity index (χ0v) is 10.3. The van der Waals surface area contributed by atoms with Gasteiger partial charge in [0, 0.05) is 10.9 Å². The Morgan fingerprint density at radius 3 is 2.05 bits per heavy atom. The van der Waals surface area contributed by atoms with Crippen LogP contribution in [0.25, 0.3) is 10.9 Å². The average molecular weight is 329 g/mol. The molecule has 1 aromatic heterocycles. The van der Waals surface area contributed by atoms with Gasteiger partial charge in [-0.3, -0.25) is 0 Å². The van der Waals surface area contributed by atoms with Crippen LogP contribution in [0.4, 0.5) is 30.7 Å². The van der Waals surface area contributed by atoms with Crippen LogP contribution in [0.1, 0.15) is 16.1 Å². The molecule has 0 aliphatic heterocycles. The van der Waals surface area contributed by atoms with Crippen LogP contribution in [-0.2, 0) is 5.92 Å². The number of hydrogen-bond donors (Lipinski definition) is 2. The molecule has 2 rings (SSSR count). The van der Waals surface area contributed by atoms with Crippen molar-refractivity contribution in [2.24, 2.45) is 0 Å². The van der Waals surface area contributed by atoms with E-state index < -0.39 is 40.6 Å². The highest BCUT2D eigenvalue weighted by molar-refractivity contribution is 6.05. The standard InChI is InChI=1S/C12H6F7NO2/c13-10(14,11(15,16)12(17,18)19)8-7(9(21)22)5-3-1-2-4-6(5)20-8/h1-4,20H,(H,21,22). The first-order valence-corrected chi connectivity index (χ1v) is 5.58. The third kappa shape index (κ3) is 2.09. The number of aromatic carboxylic acids is 1. The van der Waals surface area contributed by atoms with Crippen LogP contribution >= 0.6 is 0 Å². The molecule has 0 amide bonds. The predicted octanol–water partition coefficient (Wildman–Crippen LogP) is 4.16. The molecule has 22 heavy (non-hydrogen) atoms. The second kappa shape index (κ2) is 4.62. The fraction of sp³-hybridized carbons (Fsp3) is 0.250. The van der Waals surface area contributed by atoms with Crippen molar-refractivity contribution in [3.05, 3.63) is 35.5 Å². The fourth-order valence-electron chi connectivity index (χ4n) is 1.93. The number of halogens is 7. The summed E-state index contributed by atoms with van der Waals surface area (Å²) in [6.45, 7) is 0. The van der Waals surface area contributed by atoms with Gasteiger partial charge in [0.25, 0.3) is 0 Å². The van der Waals surface area contributed by atoms with E-state index in [1.165, 1.54) is 12.1 Å². The largest absolute Gasteiger partial charge is 0.478 e. The first-order chi connectivity index (χ1) is 9.91. The lowest BCUT2D eigenvalue weighted by Crippen LogP contribution is -2.50. The smallest absolute Gasteiger partial charge is 0.460 e. The molecule has 0 saturated heterocycles. The maximum Gasteiger partial charge on any atom is 0.460 e. The van der Waals surface area contributed by atoms with E-state index >= 15 is 0 Å². The van der Waals surface area contributed by atoms with E-state index in [9.17, 15) is 35.5 Å². The summed E-state index contributed by atoms with van der Waals surface area (Å²) in [5.41, 5.74) is -3.62. The zero-order chi connectivity index (χ0) is 16.9. The molecule has 0 spiro atoms. The predicted molar refractivity (Wildman–Crippen MR) is 60.2 cm³/mol. The van der Waals surface area contributed by atoms with Crippen LogP contribution in [0.15, 0.2) is 24.3 Å². The Hall–Kier alpha value is -2.26. The van der Waals surface area contributed by atoms with Crippen LogP contribution in [0.5, 0.6) is 0 Å². The number of rotatable bonds is 3. The van der Waals surface area contributed by atoms with Crippen molar-refractivity contribution in [2.75, 3.05) is 0 Å². The highest BCUT2D eigenvalue weighted by Crippen LogP contribution is 2.52. The molecule has 0 radical (unpaired) electrons. The highest BCUT2D eigenvalue weighted by atomic mass is 19.4. The minimum absolute atomic E-state index is 0.299. The molecule has 2 N–H and O–H groups in total. The van der Waals surface area contributed by atoms with Crippen molar-refractivity contribution in [3.8, 4) is 0 Å². The number of nitrogens with one attached hydrogen (secondary N) is 1. The molecular weight excluding hydrogens is 323 g/mol. The topological polar surface area (TPSA) is 53.1 Å². The number of H-pyrrole nitrogens is 1. The van der Waals surface area contributed by atoms with E-state index in [0.29, 0.717) is 0 Å². The Bertz CT molecular complexity index is 733. The van der Waals surface area contributed by atoms with Gasteiger partial charge in [-0.25, -0.2) is 4.79 Å². The highest BCUT2D eigenvalue weighted by Gasteiger charge is 2.74. The molecule has 0 aliphatic carbocycles. The SMILES string of the molecule is O=C(O)c1c(C(F)(F)C(F)(F)C(F)(F)F)[nH]c2ccccc12. The molecule has 1 heterocycles. The van der Waals surface area contributed by atoms with Gasteiger partial charge >= 0.3 is 24.0 Å². The summed E-state index contributed by atoms with van der Waals surface area (Å²) < 4.78 is 90.2. The molecule has 0 bridgehead atoms. The number of aromatic amines is 1. The normalized spacial score (nSPS) is 13.6. The van der Waals surface area contributed by atoms with E-state index in [-0.39, 0.29) is 5.52 Å². The third-order valence-corrected chi connectivity index (χ3v) is 2.98. The van der Waals surface area contributed by atoms with Crippen LogP contribution in [0, 0.1) is 0 Å². The molecule has 0 saturated carbocycles. The lowest BCUT2D eigenvalue weighted by atomic mass is 10.0. The number of para-hydroxylation sites is 1. The molecule has 10 heteroatoms. The van der Waals surface area contributed by atoms with Gasteiger partial charge in [-0.1, -0.05) is 18.2 Å². The molecule has 1 aromatic carbocycles. The Balaban J connectivity index is 2.79. The van der Waals surface area contributed by atoms with Crippen LogP contribution in [0.2, 0.25) is 0 Å². The van der Waals surface area contributed by atoms with Crippen LogP contribution < -0.4 is 0 Å². The number of carbonyl (C=O) groups is 1. The molecule has 2 aromatic rings. The molecule has 0 atom stereocenters. The molecular formula is C12H6F7NO2. The van der Waals surface area contributed by atoms with Crippen molar-refractivity contribution in [1.29, 1.82) is 0 Å². The molecule has 0 unspecified atom stereocenters. The Kier molecular flexibility index (Phi) is 3.38. The van der Waals surface area contributed by atoms with Crippen molar-refractivity contribution in [3.63, 3.8) is 0 Å².